The lowest BCUT2D eigenvalue weighted by Crippen LogP contribution is -2.45. The molecule has 29 nitrogen and oxygen atoms in total. The minimum absolute atomic E-state index is 0.0479. The van der Waals surface area contributed by atoms with Gasteiger partial charge in [-0.25, -0.2) is 58.1 Å². The molecule has 10 N–H and O–H groups in total. The molecule has 0 unspecified atom stereocenters. The van der Waals surface area contributed by atoms with E-state index in [1.54, 1.807) is 96.4 Å². The van der Waals surface area contributed by atoms with E-state index < -0.39 is 41.5 Å². The van der Waals surface area contributed by atoms with E-state index in [4.69, 9.17) is 55.2 Å². The van der Waals surface area contributed by atoms with Crippen LogP contribution < -0.4 is 27.0 Å². The van der Waals surface area contributed by atoms with Crippen molar-refractivity contribution in [3.63, 3.8) is 0 Å². The summed E-state index contributed by atoms with van der Waals surface area (Å²) in [4.78, 5) is 59.2. The number of amides is 1. The van der Waals surface area contributed by atoms with Crippen molar-refractivity contribution in [1.82, 2.24) is 67.8 Å². The Labute approximate surface area is 846 Å². The molecule has 4 fully saturated rings. The van der Waals surface area contributed by atoms with Crippen LogP contribution in [-0.2, 0) is 51.8 Å². The number of likely N-dealkylation sites (tertiary alicyclic amines) is 3. The Morgan fingerprint density at radius 2 is 0.868 bits per heavy atom. The predicted octanol–water partition coefficient (Wildman–Crippen LogP) is 21.0. The second kappa shape index (κ2) is 49.9. The molecule has 0 spiro atoms. The van der Waals surface area contributed by atoms with Crippen molar-refractivity contribution in [3.8, 4) is 12.1 Å². The summed E-state index contributed by atoms with van der Waals surface area (Å²) in [7, 11) is -5.89. The number of aliphatic carboxylic acids is 1. The Balaban J connectivity index is 0.000000146. The first-order valence-electron chi connectivity index (χ1n) is 43.4. The van der Waals surface area contributed by atoms with Crippen LogP contribution in [0.15, 0.2) is 263 Å². The number of pyridine rings is 5. The first kappa shape index (κ1) is 105. The highest BCUT2D eigenvalue weighted by Crippen LogP contribution is 2.38. The van der Waals surface area contributed by atoms with Crippen molar-refractivity contribution in [1.29, 1.82) is 10.5 Å². The number of nitrogens with two attached hydrogens (primary N) is 1. The molecular formula is C96H100Br5Cl3N20O9S3. The van der Waals surface area contributed by atoms with E-state index in [2.05, 4.69) is 211 Å². The number of nitriles is 2. The topological polar surface area (TPSA) is 410 Å². The smallest absolute Gasteiger partial charge is 0.317 e. The van der Waals surface area contributed by atoms with E-state index in [-0.39, 0.29) is 39.1 Å². The Bertz CT molecular complexity index is 7040. The number of carboxylic acid groups (broad SMARTS) is 1. The van der Waals surface area contributed by atoms with E-state index >= 15 is 0 Å². The van der Waals surface area contributed by atoms with Gasteiger partial charge in [0.1, 0.15) is 29.8 Å². The van der Waals surface area contributed by atoms with E-state index in [9.17, 15) is 34.8 Å². The van der Waals surface area contributed by atoms with Crippen LogP contribution in [-0.4, -0.2) is 181 Å². The Morgan fingerprint density at radius 1 is 0.471 bits per heavy atom. The lowest BCUT2D eigenvalue weighted by Gasteiger charge is -2.34. The number of hydrogen-bond acceptors (Lipinski definition) is 22. The summed E-state index contributed by atoms with van der Waals surface area (Å²) in [6, 6.07) is 55.2. The van der Waals surface area contributed by atoms with Crippen molar-refractivity contribution >= 4 is 227 Å². The number of carbonyl (C=O) groups excluding carboxylic acids is 1. The van der Waals surface area contributed by atoms with E-state index in [0.717, 1.165) is 172 Å². The molecule has 14 heterocycles. The van der Waals surface area contributed by atoms with Crippen molar-refractivity contribution in [2.24, 2.45) is 5.73 Å². The van der Waals surface area contributed by atoms with Crippen LogP contribution in [0, 0.1) is 43.4 Å². The van der Waals surface area contributed by atoms with Crippen LogP contribution in [0.5, 0.6) is 0 Å². The number of H-pyrrole nitrogens is 3. The molecule has 0 saturated carbocycles. The Kier molecular flexibility index (Phi) is 38.4. The molecule has 0 bridgehead atoms. The largest absolute Gasteiger partial charge is 0.480 e. The molecule has 0 aliphatic carbocycles. The third-order valence-electron chi connectivity index (χ3n) is 22.3. The van der Waals surface area contributed by atoms with Gasteiger partial charge in [0.2, 0.25) is 5.91 Å². The molecular weight excluding hydrogens is 2180 g/mol. The van der Waals surface area contributed by atoms with Crippen molar-refractivity contribution in [2.75, 3.05) is 68.3 Å². The number of benzene rings is 5. The van der Waals surface area contributed by atoms with E-state index in [0.29, 0.717) is 49.8 Å². The number of carbonyl (C=O) groups is 2. The zero-order chi connectivity index (χ0) is 97.2. The molecule has 4 aliphatic heterocycles. The molecule has 19 rings (SSSR count). The summed E-state index contributed by atoms with van der Waals surface area (Å²) in [6.07, 6.45) is 25.6. The van der Waals surface area contributed by atoms with Crippen LogP contribution in [0.3, 0.4) is 0 Å². The van der Waals surface area contributed by atoms with Gasteiger partial charge in [0.25, 0.3) is 29.1 Å². The third-order valence-corrected chi connectivity index (χ3v) is 31.4. The van der Waals surface area contributed by atoms with Gasteiger partial charge in [0.05, 0.1) is 76.3 Å². The van der Waals surface area contributed by atoms with Crippen LogP contribution in [0.25, 0.3) is 55.2 Å². The maximum atomic E-state index is 13.3. The maximum absolute atomic E-state index is 13.3. The van der Waals surface area contributed by atoms with Gasteiger partial charge in [-0.15, -0.1) is 0 Å². The standard InChI is InChI=1S/C26H27BrN4O2S.C15H16BrN5O.C14H10BrClN2O2S.C12H15BrN4.C12H18N2.C7H4BrClN2.C7H7ClO2S.C3H3NO2/c1-19-9-11-22(12-10-19)34(32,33)31-15-13-23-25(24(27)16-28-26(23)31)29-21-8-5-14-30(18-21)17-20-6-3-2-4-7-20;16-12-8-19-15-11(4-6-18-15)14(12)20-10-2-1-7-21(9-10)13(22)3-5-17;1-9-2-4-10(5-3-9)21(19,20)18-7-6-11-13(16)12(15)8-17-14(11)18;13-10-7-16-12-9(3-5-15-12)11(10)17-8-2-1-4-14-6-8;13-12-7-4-8-14(10-12)9-11-5-2-1-3-6-11;8-5-3-11-7-4(6(5)9)1-2-10-7;1-6-2-4-7(5-3-6)11(8,9)10;4-2-1-3(5)6/h2-4,6-7,9-13,15-16,21H,5,8,14,17-18H2,1H3,(H,28,29);4,6,8,10H,1-3,7,9H2,(H2,18,19,20);2-8H,1H3;3,5,7-8,14H,1-2,4,6H2,(H2,15,16,17);1-3,5-6,12H,4,7-10,13H2;1-3H,(H,10,11);2-5H,1H3;1H2,(H,5,6)/t21-;10-;;8-;12-;;;/m11.11.../s1. The first-order chi connectivity index (χ1) is 65.3. The molecule has 10 aromatic heterocycles. The number of anilines is 3. The lowest BCUT2D eigenvalue weighted by atomic mass is 10.0. The molecule has 4 atom stereocenters. The fourth-order valence-electron chi connectivity index (χ4n) is 15.5. The normalized spacial score (nSPS) is 16.2. The van der Waals surface area contributed by atoms with Gasteiger partial charge in [-0.2, -0.15) is 10.5 Å². The third kappa shape index (κ3) is 28.8. The van der Waals surface area contributed by atoms with Gasteiger partial charge in [0.15, 0.2) is 11.3 Å². The fourth-order valence-corrected chi connectivity index (χ4v) is 21.2. The van der Waals surface area contributed by atoms with Crippen LogP contribution in [0.4, 0.5) is 17.1 Å². The number of halogens is 8. The monoisotopic (exact) mass is 2270 g/mol. The minimum atomic E-state index is -3.74. The number of aromatic amines is 3. The van der Waals surface area contributed by atoms with Gasteiger partial charge in [-0.05, 0) is 249 Å². The fraction of sp³-hybridized carbons (Fsp3) is 0.281. The second-order valence-electron chi connectivity index (χ2n) is 32.5. The van der Waals surface area contributed by atoms with E-state index in [1.165, 1.54) is 77.9 Å². The van der Waals surface area contributed by atoms with Crippen LogP contribution >= 0.6 is 114 Å². The summed E-state index contributed by atoms with van der Waals surface area (Å²) in [5.74, 6) is -1.16. The molecule has 40 heteroatoms. The number of aromatic nitrogens is 10. The number of nitrogens with one attached hydrogen (secondary N) is 7. The summed E-state index contributed by atoms with van der Waals surface area (Å²) < 4.78 is 80.0. The van der Waals surface area contributed by atoms with Crippen molar-refractivity contribution in [2.45, 2.75) is 137 Å². The Hall–Kier alpha value is -10.2. The maximum Gasteiger partial charge on any atom is 0.317 e. The number of rotatable bonds is 17. The van der Waals surface area contributed by atoms with Gasteiger partial charge < -0.3 is 52.0 Å². The number of fused-ring (bicyclic) bond motifs is 5. The SMILES string of the molecule is Brc1cnc2[nH]ccc2c1N[C@@H]1CCCNC1.Cc1ccc(S(=O)(=O)Cl)cc1.Cc1ccc(S(=O)(=O)n2ccc3c(Cl)c(Br)cnc32)cc1.Cc1ccc(S(=O)(=O)n2ccc3c(N[C@@H]4CCCN(Cc5ccccc5)C4)c(Br)cnc32)cc1.Clc1c(Br)cnc2[nH]ccc12.N#CCC(=O)N1CCC[C@@H](Nc2c(Br)cnc3[nH]ccc23)C1.N#CCC(=O)O.N[C@@H]1CCCN(Cc2ccccc2)C1. The lowest BCUT2D eigenvalue weighted by molar-refractivity contribution is -0.136. The second-order valence-corrected chi connectivity index (χ2v) is 43.7. The zero-order valence-electron chi connectivity index (χ0n) is 74.2. The van der Waals surface area contributed by atoms with E-state index in [1.807, 2.05) is 75.9 Å². The number of aryl methyl sites for hydroxylation is 3. The quantitative estimate of drug-likeness (QED) is 0.0382. The number of hydrogen-bond donors (Lipinski definition) is 9. The molecule has 5 aromatic carbocycles. The molecule has 136 heavy (non-hydrogen) atoms. The van der Waals surface area contributed by atoms with Gasteiger partial charge >= 0.3 is 5.97 Å². The Morgan fingerprint density at radius 3 is 1.33 bits per heavy atom. The highest BCUT2D eigenvalue weighted by Gasteiger charge is 2.29. The van der Waals surface area contributed by atoms with Gasteiger partial charge in [-0.1, -0.05) is 137 Å². The van der Waals surface area contributed by atoms with Gasteiger partial charge in [-0.3, -0.25) is 19.4 Å². The van der Waals surface area contributed by atoms with Crippen molar-refractivity contribution in [3.05, 3.63) is 286 Å². The molecule has 712 valence electrons. The molecule has 4 aliphatic rings. The van der Waals surface area contributed by atoms with Gasteiger partial charge in [0, 0.05) is 170 Å². The molecule has 1 amide bonds. The average molecular weight is 2280 g/mol. The molecule has 4 saturated heterocycles. The zero-order valence-corrected chi connectivity index (χ0v) is 86.9. The van der Waals surface area contributed by atoms with Crippen LogP contribution in [0.2, 0.25) is 10.0 Å². The summed E-state index contributed by atoms with van der Waals surface area (Å²) in [5.41, 5.74) is 18.0. The highest BCUT2D eigenvalue weighted by atomic mass is 79.9. The summed E-state index contributed by atoms with van der Waals surface area (Å²) in [5, 5.41) is 43.8. The minimum Gasteiger partial charge on any atom is -0.480 e. The summed E-state index contributed by atoms with van der Waals surface area (Å²) in [6.45, 7) is 15.5. The first-order valence-corrected chi connectivity index (χ1v) is 53.3. The number of nitrogens with zero attached hydrogens (tertiary/aromatic N) is 12. The highest BCUT2D eigenvalue weighted by molar-refractivity contribution is 9.11. The predicted molar refractivity (Wildman–Crippen MR) is 556 cm³/mol. The van der Waals surface area contributed by atoms with Crippen LogP contribution in [0.1, 0.15) is 92.0 Å². The summed E-state index contributed by atoms with van der Waals surface area (Å²) >= 11 is 29.4. The molecule has 0 radical (unpaired) electrons. The number of piperidine rings is 4. The average Bonchev–Trinajstić information content (AvgIpc) is 1.58. The van der Waals surface area contributed by atoms with Crippen molar-refractivity contribution < 1.29 is 39.9 Å². The molecule has 15 aromatic rings. The number of carboxylic acids is 1.